The maximum atomic E-state index is 12.5. The van der Waals surface area contributed by atoms with Gasteiger partial charge in [-0.1, -0.05) is 31.2 Å². The minimum atomic E-state index is 0. The molecule has 0 heterocycles. The molecule has 2 atom stereocenters. The van der Waals surface area contributed by atoms with E-state index in [9.17, 15) is 4.79 Å². The number of aryl methyl sites for hydroxylation is 2. The number of carbonyl (C=O) groups excluding carboxylic acids is 1. The standard InChI is InChI=1S/C19H30NOP.CH4O.Y/c1-5-7-8-9-10-14-22-17(6-2)19(21)20-18-15(3)12-11-13-16(18)4;1-2;/h5,11-13,17,22H,1,6-10,14H2,2-4H3,(H,20,21);2H,1H3;/p+1. The third-order valence-electron chi connectivity index (χ3n) is 4.07. The van der Waals surface area contributed by atoms with Gasteiger partial charge in [0.15, 0.2) is 0 Å². The summed E-state index contributed by atoms with van der Waals surface area (Å²) in [6.45, 7) is 9.98. The van der Waals surface area contributed by atoms with Gasteiger partial charge in [0.25, 0.3) is 5.91 Å². The Kier molecular flexibility index (Phi) is 18.8. The smallest absolute Gasteiger partial charge is 0.264 e. The summed E-state index contributed by atoms with van der Waals surface area (Å²) in [7, 11) is 1.19. The Bertz CT molecular complexity index is 474. The van der Waals surface area contributed by atoms with E-state index in [-0.39, 0.29) is 52.9 Å². The van der Waals surface area contributed by atoms with Gasteiger partial charge in [-0.3, -0.25) is 4.79 Å². The van der Waals surface area contributed by atoms with Gasteiger partial charge < -0.3 is 10.4 Å². The summed E-state index contributed by atoms with van der Waals surface area (Å²) in [5.41, 5.74) is 3.49. The third-order valence-corrected chi connectivity index (χ3v) is 6.15. The van der Waals surface area contributed by atoms with Gasteiger partial charge in [-0.15, -0.1) is 6.58 Å². The molecule has 0 bridgehead atoms. The van der Waals surface area contributed by atoms with Crippen LogP contribution >= 0.6 is 8.58 Å². The zero-order chi connectivity index (χ0) is 18.4. The molecule has 1 amide bonds. The molecule has 2 unspecified atom stereocenters. The fourth-order valence-electron chi connectivity index (χ4n) is 2.62. The molecule has 1 rings (SSSR count). The number of unbranched alkanes of at least 4 members (excludes halogenated alkanes) is 3. The van der Waals surface area contributed by atoms with Crippen molar-refractivity contribution in [1.29, 1.82) is 0 Å². The van der Waals surface area contributed by atoms with Crippen molar-refractivity contribution >= 4 is 20.2 Å². The van der Waals surface area contributed by atoms with Gasteiger partial charge in [0.2, 0.25) is 0 Å². The topological polar surface area (TPSA) is 49.3 Å². The van der Waals surface area contributed by atoms with E-state index in [4.69, 9.17) is 5.11 Å². The van der Waals surface area contributed by atoms with Crippen LogP contribution in [0, 0.1) is 13.8 Å². The number of amides is 1. The van der Waals surface area contributed by atoms with Gasteiger partial charge in [-0.05, 0) is 65.7 Å². The van der Waals surface area contributed by atoms with Gasteiger partial charge in [0.1, 0.15) is 5.66 Å². The fraction of sp³-hybridized carbons (Fsp3) is 0.550. The molecule has 1 radical (unpaired) electrons. The molecule has 139 valence electrons. The van der Waals surface area contributed by atoms with E-state index < -0.39 is 0 Å². The van der Waals surface area contributed by atoms with Crippen molar-refractivity contribution in [3.8, 4) is 0 Å². The average molecular weight is 441 g/mol. The van der Waals surface area contributed by atoms with Crippen molar-refractivity contribution in [1.82, 2.24) is 0 Å². The third kappa shape index (κ3) is 11.3. The largest absolute Gasteiger partial charge is 0.400 e. The van der Waals surface area contributed by atoms with Crippen LogP contribution in [0.1, 0.15) is 50.2 Å². The fourth-order valence-corrected chi connectivity index (χ4v) is 4.17. The average Bonchev–Trinajstić information content (AvgIpc) is 2.59. The zero-order valence-electron chi connectivity index (χ0n) is 16.3. The van der Waals surface area contributed by atoms with Crippen molar-refractivity contribution in [2.45, 2.75) is 58.5 Å². The molecule has 0 saturated heterocycles. The Hall–Kier alpha value is -0.0761. The molecule has 2 N–H and O–H groups in total. The van der Waals surface area contributed by atoms with Crippen LogP contribution < -0.4 is 5.32 Å². The van der Waals surface area contributed by atoms with E-state index in [0.717, 1.165) is 36.8 Å². The molecule has 0 aromatic heterocycles. The zero-order valence-corrected chi connectivity index (χ0v) is 20.3. The summed E-state index contributed by atoms with van der Waals surface area (Å²) in [5, 5.41) is 10.2. The number of allylic oxidation sites excluding steroid dienone is 1. The molecule has 0 fully saturated rings. The maximum absolute atomic E-state index is 12.5. The minimum absolute atomic E-state index is 0. The quantitative estimate of drug-likeness (QED) is 0.312. The molecule has 0 aliphatic heterocycles. The van der Waals surface area contributed by atoms with Crippen molar-refractivity contribution < 1.29 is 42.6 Å². The molecule has 0 spiro atoms. The number of carbonyl (C=O) groups is 1. The maximum Gasteiger partial charge on any atom is 0.264 e. The number of benzene rings is 1. The van der Waals surface area contributed by atoms with Crippen LogP contribution in [0.3, 0.4) is 0 Å². The van der Waals surface area contributed by atoms with Crippen LogP contribution in [0.4, 0.5) is 5.69 Å². The molecular formula is C20H35NO2PY+. The Morgan fingerprint density at radius 3 is 2.36 bits per heavy atom. The van der Waals surface area contributed by atoms with E-state index in [0.29, 0.717) is 0 Å². The van der Waals surface area contributed by atoms with Crippen molar-refractivity contribution in [3.05, 3.63) is 42.0 Å². The van der Waals surface area contributed by atoms with Crippen LogP contribution in [0.15, 0.2) is 30.9 Å². The van der Waals surface area contributed by atoms with E-state index in [2.05, 4.69) is 44.8 Å². The van der Waals surface area contributed by atoms with Gasteiger partial charge in [-0.2, -0.15) is 0 Å². The summed E-state index contributed by atoms with van der Waals surface area (Å²) in [6, 6.07) is 6.14. The number of anilines is 1. The summed E-state index contributed by atoms with van der Waals surface area (Å²) in [5.74, 6) is 0.209. The molecule has 1 aromatic carbocycles. The van der Waals surface area contributed by atoms with Crippen LogP contribution in [-0.2, 0) is 37.5 Å². The number of para-hydroxylation sites is 1. The Labute approximate surface area is 181 Å². The molecule has 1 aromatic rings. The van der Waals surface area contributed by atoms with Crippen LogP contribution in [0.2, 0.25) is 0 Å². The molecule has 0 saturated carbocycles. The Morgan fingerprint density at radius 2 is 1.84 bits per heavy atom. The second kappa shape index (κ2) is 17.3. The predicted octanol–water partition coefficient (Wildman–Crippen LogP) is 4.78. The van der Waals surface area contributed by atoms with Gasteiger partial charge >= 0.3 is 0 Å². The SMILES string of the molecule is C=CCCCCC[PH2+]C(CC)C(=O)Nc1c(C)cccc1C.CO.[Y]. The molecule has 5 heteroatoms. The number of aliphatic hydroxyl groups excluding tert-OH is 1. The number of hydrogen-bond acceptors (Lipinski definition) is 2. The first-order chi connectivity index (χ1) is 11.6. The van der Waals surface area contributed by atoms with E-state index >= 15 is 0 Å². The predicted molar refractivity (Wildman–Crippen MR) is 110 cm³/mol. The molecule has 0 aliphatic carbocycles. The van der Waals surface area contributed by atoms with Crippen molar-refractivity contribution in [2.75, 3.05) is 18.6 Å². The van der Waals surface area contributed by atoms with E-state index in [1.165, 1.54) is 25.4 Å². The van der Waals surface area contributed by atoms with Gasteiger partial charge in [0, 0.05) is 45.5 Å². The van der Waals surface area contributed by atoms with E-state index in [1.54, 1.807) is 0 Å². The molecule has 25 heavy (non-hydrogen) atoms. The summed E-state index contributed by atoms with van der Waals surface area (Å²) in [4.78, 5) is 12.5. The number of nitrogens with one attached hydrogen (secondary N) is 1. The summed E-state index contributed by atoms with van der Waals surface area (Å²) in [6.07, 6.45) is 8.99. The first kappa shape index (κ1) is 27.1. The van der Waals surface area contributed by atoms with Crippen molar-refractivity contribution in [2.24, 2.45) is 0 Å². The van der Waals surface area contributed by atoms with Crippen molar-refractivity contribution in [3.63, 3.8) is 0 Å². The normalized spacial score (nSPS) is 11.2. The summed E-state index contributed by atoms with van der Waals surface area (Å²) >= 11 is 0. The second-order valence-corrected chi connectivity index (χ2v) is 7.79. The molecule has 0 aliphatic rings. The Morgan fingerprint density at radius 1 is 1.24 bits per heavy atom. The monoisotopic (exact) mass is 441 g/mol. The number of rotatable bonds is 10. The van der Waals surface area contributed by atoms with E-state index in [1.807, 2.05) is 12.1 Å². The second-order valence-electron chi connectivity index (χ2n) is 5.93. The molecular weight excluding hydrogens is 406 g/mol. The van der Waals surface area contributed by atoms with Gasteiger partial charge in [-0.25, -0.2) is 0 Å². The first-order valence-electron chi connectivity index (χ1n) is 8.86. The summed E-state index contributed by atoms with van der Waals surface area (Å²) < 4.78 is 0. The van der Waals surface area contributed by atoms with Crippen LogP contribution in [0.5, 0.6) is 0 Å². The molecule has 3 nitrogen and oxygen atoms in total. The minimum Gasteiger partial charge on any atom is -0.400 e. The number of hydrogen-bond donors (Lipinski definition) is 2. The number of aliphatic hydroxyl groups is 1. The Balaban J connectivity index is 0. The first-order valence-corrected chi connectivity index (χ1v) is 10.3. The van der Waals surface area contributed by atoms with Crippen LogP contribution in [0.25, 0.3) is 0 Å². The van der Waals surface area contributed by atoms with Gasteiger partial charge in [0.05, 0.1) is 6.16 Å². The van der Waals surface area contributed by atoms with Crippen LogP contribution in [-0.4, -0.2) is 29.9 Å².